The van der Waals surface area contributed by atoms with Gasteiger partial charge in [0.1, 0.15) is 5.60 Å². The molecule has 0 saturated carbocycles. The number of hydrogen-bond acceptors (Lipinski definition) is 3. The van der Waals surface area contributed by atoms with Gasteiger partial charge in [-0.15, -0.1) is 0 Å². The van der Waals surface area contributed by atoms with E-state index >= 15 is 0 Å². The summed E-state index contributed by atoms with van der Waals surface area (Å²) in [4.78, 5) is 13.5. The fraction of sp³-hybridized carbons (Fsp3) is 0.615. The molecule has 2 aliphatic heterocycles. The maximum Gasteiger partial charge on any atom is 0.414 e. The van der Waals surface area contributed by atoms with E-state index < -0.39 is 5.60 Å². The van der Waals surface area contributed by atoms with Crippen LogP contribution in [0.4, 0.5) is 4.79 Å². The van der Waals surface area contributed by atoms with Gasteiger partial charge in [0, 0.05) is 18.4 Å². The van der Waals surface area contributed by atoms with Gasteiger partial charge in [-0.1, -0.05) is 0 Å². The van der Waals surface area contributed by atoms with E-state index in [9.17, 15) is 4.79 Å². The first-order valence-corrected chi connectivity index (χ1v) is 6.09. The summed E-state index contributed by atoms with van der Waals surface area (Å²) in [5.74, 6) is 0. The summed E-state index contributed by atoms with van der Waals surface area (Å²) in [5, 5.41) is 3.34. The summed E-state index contributed by atoms with van der Waals surface area (Å²) in [5.41, 5.74) is 2.03. The number of nitrogens with zero attached hydrogens (tertiary/aromatic N) is 1. The van der Waals surface area contributed by atoms with Crippen LogP contribution in [-0.2, 0) is 4.74 Å². The lowest BCUT2D eigenvalue weighted by atomic mass is 10.0. The van der Waals surface area contributed by atoms with Crippen LogP contribution in [0.25, 0.3) is 0 Å². The molecule has 4 nitrogen and oxygen atoms in total. The zero-order valence-corrected chi connectivity index (χ0v) is 10.7. The molecule has 0 aliphatic carbocycles. The highest BCUT2D eigenvalue weighted by atomic mass is 16.6. The quantitative estimate of drug-likeness (QED) is 0.702. The van der Waals surface area contributed by atoms with Gasteiger partial charge in [0.15, 0.2) is 0 Å². The van der Waals surface area contributed by atoms with E-state index in [1.54, 1.807) is 11.1 Å². The van der Waals surface area contributed by atoms with Crippen molar-refractivity contribution < 1.29 is 9.53 Å². The average molecular weight is 236 g/mol. The van der Waals surface area contributed by atoms with Crippen LogP contribution >= 0.6 is 0 Å². The normalized spacial score (nSPS) is 19.8. The predicted molar refractivity (Wildman–Crippen MR) is 66.3 cm³/mol. The van der Waals surface area contributed by atoms with Crippen molar-refractivity contribution >= 4 is 6.09 Å². The van der Waals surface area contributed by atoms with Crippen LogP contribution in [0.15, 0.2) is 23.5 Å². The molecule has 0 atom stereocenters. The monoisotopic (exact) mass is 236 g/mol. The van der Waals surface area contributed by atoms with Gasteiger partial charge < -0.3 is 10.1 Å². The maximum atomic E-state index is 11.9. The average Bonchev–Trinajstić information content (AvgIpc) is 2.26. The van der Waals surface area contributed by atoms with Crippen LogP contribution in [0, 0.1) is 0 Å². The molecule has 94 valence electrons. The fourth-order valence-electron chi connectivity index (χ4n) is 1.99. The molecule has 17 heavy (non-hydrogen) atoms. The third-order valence-electron chi connectivity index (χ3n) is 2.76. The summed E-state index contributed by atoms with van der Waals surface area (Å²) in [7, 11) is 0. The number of amides is 1. The van der Waals surface area contributed by atoms with E-state index in [2.05, 4.69) is 5.32 Å². The summed E-state index contributed by atoms with van der Waals surface area (Å²) in [6, 6.07) is 0. The Morgan fingerprint density at radius 3 is 2.94 bits per heavy atom. The first kappa shape index (κ1) is 12.0. The molecule has 0 bridgehead atoms. The van der Waals surface area contributed by atoms with Crippen molar-refractivity contribution in [1.82, 2.24) is 10.2 Å². The van der Waals surface area contributed by atoms with E-state index in [-0.39, 0.29) is 6.09 Å². The van der Waals surface area contributed by atoms with E-state index in [4.69, 9.17) is 4.74 Å². The number of carbonyl (C=O) groups excluding carboxylic acids is 1. The lowest BCUT2D eigenvalue weighted by Crippen LogP contribution is -2.38. The summed E-state index contributed by atoms with van der Waals surface area (Å²) < 4.78 is 5.35. The molecule has 2 heterocycles. The molecule has 2 rings (SSSR count). The van der Waals surface area contributed by atoms with Gasteiger partial charge in [-0.3, -0.25) is 4.90 Å². The molecule has 0 aromatic rings. The van der Waals surface area contributed by atoms with Crippen molar-refractivity contribution in [3.05, 3.63) is 23.5 Å². The highest BCUT2D eigenvalue weighted by Crippen LogP contribution is 2.22. The minimum absolute atomic E-state index is 0.272. The van der Waals surface area contributed by atoms with Crippen LogP contribution in [0.1, 0.15) is 33.6 Å². The summed E-state index contributed by atoms with van der Waals surface area (Å²) >= 11 is 0. The van der Waals surface area contributed by atoms with Gasteiger partial charge in [0.25, 0.3) is 0 Å². The van der Waals surface area contributed by atoms with Crippen LogP contribution in [0.3, 0.4) is 0 Å². The standard InChI is InChI=1S/C13H20N2O2/c1-13(2,3)17-12(16)15-8-6-11-10(9-15)5-4-7-14-11/h6,8,14H,4-5,7,9H2,1-3H3. The summed E-state index contributed by atoms with van der Waals surface area (Å²) in [6.45, 7) is 7.31. The molecular formula is C13H20N2O2. The predicted octanol–water partition coefficient (Wildman–Crippen LogP) is 2.39. The highest BCUT2D eigenvalue weighted by molar-refractivity contribution is 5.70. The third kappa shape index (κ3) is 3.02. The third-order valence-corrected chi connectivity index (χ3v) is 2.76. The molecule has 1 N–H and O–H groups in total. The molecule has 0 spiro atoms. The highest BCUT2D eigenvalue weighted by Gasteiger charge is 2.25. The van der Waals surface area contributed by atoms with Crippen molar-refractivity contribution in [3.63, 3.8) is 0 Å². The molecule has 4 heteroatoms. The van der Waals surface area contributed by atoms with Crippen LogP contribution in [-0.4, -0.2) is 29.7 Å². The molecule has 2 aliphatic rings. The number of hydrogen-bond donors (Lipinski definition) is 1. The number of nitrogens with one attached hydrogen (secondary N) is 1. The Morgan fingerprint density at radius 2 is 2.24 bits per heavy atom. The lowest BCUT2D eigenvalue weighted by molar-refractivity contribution is 0.0344. The number of rotatable bonds is 0. The van der Waals surface area contributed by atoms with Crippen LogP contribution in [0.5, 0.6) is 0 Å². The van der Waals surface area contributed by atoms with E-state index in [1.807, 2.05) is 26.8 Å². The maximum absolute atomic E-state index is 11.9. The Labute approximate surface area is 102 Å². The van der Waals surface area contributed by atoms with Gasteiger partial charge >= 0.3 is 6.09 Å². The van der Waals surface area contributed by atoms with Gasteiger partial charge in [-0.25, -0.2) is 4.79 Å². The molecular weight excluding hydrogens is 216 g/mol. The SMILES string of the molecule is CC(C)(C)OC(=O)N1C=CC2=C(CCCN2)C1. The van der Waals surface area contributed by atoms with E-state index in [0.29, 0.717) is 6.54 Å². The first-order chi connectivity index (χ1) is 7.96. The fourth-order valence-corrected chi connectivity index (χ4v) is 1.99. The van der Waals surface area contributed by atoms with Gasteiger partial charge in [-0.05, 0) is 45.3 Å². The molecule has 0 aromatic carbocycles. The smallest absolute Gasteiger partial charge is 0.414 e. The second-order valence-corrected chi connectivity index (χ2v) is 5.47. The Morgan fingerprint density at radius 1 is 1.47 bits per heavy atom. The van der Waals surface area contributed by atoms with Crippen molar-refractivity contribution in [1.29, 1.82) is 0 Å². The molecule has 1 amide bonds. The molecule has 0 radical (unpaired) electrons. The molecule has 0 saturated heterocycles. The number of ether oxygens (including phenoxy) is 1. The zero-order valence-electron chi connectivity index (χ0n) is 10.7. The Hall–Kier alpha value is -1.45. The van der Waals surface area contributed by atoms with Crippen molar-refractivity contribution in [2.45, 2.75) is 39.2 Å². The minimum Gasteiger partial charge on any atom is -0.443 e. The van der Waals surface area contributed by atoms with Gasteiger partial charge in [0.2, 0.25) is 0 Å². The Bertz CT molecular complexity index is 377. The topological polar surface area (TPSA) is 41.6 Å². The second-order valence-electron chi connectivity index (χ2n) is 5.47. The van der Waals surface area contributed by atoms with Gasteiger partial charge in [0.05, 0.1) is 6.54 Å². The molecule has 0 aromatic heterocycles. The van der Waals surface area contributed by atoms with Crippen molar-refractivity contribution in [2.24, 2.45) is 0 Å². The van der Waals surface area contributed by atoms with Crippen LogP contribution < -0.4 is 5.32 Å². The van der Waals surface area contributed by atoms with E-state index in [1.165, 1.54) is 11.3 Å². The molecule has 0 unspecified atom stereocenters. The number of allylic oxidation sites excluding steroid dienone is 1. The minimum atomic E-state index is -0.440. The number of carbonyl (C=O) groups is 1. The Balaban J connectivity index is 2.00. The van der Waals surface area contributed by atoms with E-state index in [0.717, 1.165) is 19.4 Å². The first-order valence-electron chi connectivity index (χ1n) is 6.09. The van der Waals surface area contributed by atoms with Crippen molar-refractivity contribution in [2.75, 3.05) is 13.1 Å². The second kappa shape index (κ2) is 4.43. The van der Waals surface area contributed by atoms with Crippen LogP contribution in [0.2, 0.25) is 0 Å². The largest absolute Gasteiger partial charge is 0.443 e. The van der Waals surface area contributed by atoms with Gasteiger partial charge in [-0.2, -0.15) is 0 Å². The zero-order chi connectivity index (χ0) is 12.5. The molecule has 0 fully saturated rings. The lowest BCUT2D eigenvalue weighted by Gasteiger charge is -2.31. The van der Waals surface area contributed by atoms with Crippen molar-refractivity contribution in [3.8, 4) is 0 Å². The Kier molecular flexibility index (Phi) is 3.13. The summed E-state index contributed by atoms with van der Waals surface area (Å²) in [6.07, 6.45) is 5.68.